The molecule has 0 N–H and O–H groups in total. The molecule has 1 aromatic carbocycles. The van der Waals surface area contributed by atoms with Crippen LogP contribution in [0.3, 0.4) is 0 Å². The Labute approximate surface area is 195 Å². The molecule has 0 saturated carbocycles. The van der Waals surface area contributed by atoms with E-state index in [1.807, 2.05) is 30.5 Å². The highest BCUT2D eigenvalue weighted by atomic mass is 35.5. The van der Waals surface area contributed by atoms with Crippen LogP contribution in [0.15, 0.2) is 55.0 Å². The van der Waals surface area contributed by atoms with Gasteiger partial charge in [-0.3, -0.25) is 9.78 Å². The second-order valence-corrected chi connectivity index (χ2v) is 9.66. The molecule has 0 unspecified atom stereocenters. The molecular weight excluding hydrogens is 442 g/mol. The van der Waals surface area contributed by atoms with Crippen LogP contribution >= 0.6 is 22.9 Å². The van der Waals surface area contributed by atoms with Crippen molar-refractivity contribution in [1.29, 1.82) is 0 Å². The molecule has 1 fully saturated rings. The summed E-state index contributed by atoms with van der Waals surface area (Å²) in [6, 6.07) is 11.8. The molecule has 1 aliphatic heterocycles. The minimum Gasteiger partial charge on any atom is -0.354 e. The Kier molecular flexibility index (Phi) is 5.87. The van der Waals surface area contributed by atoms with Crippen molar-refractivity contribution in [1.82, 2.24) is 19.9 Å². The third-order valence-electron chi connectivity index (χ3n) is 5.74. The lowest BCUT2D eigenvalue weighted by Crippen LogP contribution is -2.44. The maximum atomic E-state index is 13.0. The smallest absolute Gasteiger partial charge is 0.169 e. The van der Waals surface area contributed by atoms with Crippen LogP contribution in [-0.2, 0) is 6.42 Å². The van der Waals surface area contributed by atoms with Gasteiger partial charge in [0.1, 0.15) is 15.2 Å². The third kappa shape index (κ3) is 4.50. The number of thiazole rings is 1. The van der Waals surface area contributed by atoms with Gasteiger partial charge in [-0.25, -0.2) is 9.97 Å². The van der Waals surface area contributed by atoms with Crippen LogP contribution in [-0.4, -0.2) is 58.9 Å². The van der Waals surface area contributed by atoms with Gasteiger partial charge in [-0.05, 0) is 36.7 Å². The number of benzene rings is 1. The number of carbonyl (C=O) groups is 1. The Morgan fingerprint density at radius 3 is 2.62 bits per heavy atom. The number of Topliss-reactive ketones (excluding diaryl/α,β-unsaturated/α-hetero) is 1. The summed E-state index contributed by atoms with van der Waals surface area (Å²) in [4.78, 5) is 30.9. The molecule has 0 atom stereocenters. The van der Waals surface area contributed by atoms with Crippen molar-refractivity contribution in [3.05, 3.63) is 70.6 Å². The fourth-order valence-corrected chi connectivity index (χ4v) is 4.78. The van der Waals surface area contributed by atoms with Gasteiger partial charge in [0.2, 0.25) is 0 Å². The minimum absolute atomic E-state index is 0.0393. The first kappa shape index (κ1) is 21.0. The maximum Gasteiger partial charge on any atom is 0.169 e. The van der Waals surface area contributed by atoms with E-state index < -0.39 is 0 Å². The van der Waals surface area contributed by atoms with Crippen LogP contribution in [0.5, 0.6) is 0 Å². The number of ketones is 1. The van der Waals surface area contributed by atoms with E-state index in [1.54, 1.807) is 18.5 Å². The van der Waals surface area contributed by atoms with Crippen LogP contribution in [0.1, 0.15) is 16.1 Å². The van der Waals surface area contributed by atoms with Gasteiger partial charge in [0, 0.05) is 60.8 Å². The van der Waals surface area contributed by atoms with E-state index in [2.05, 4.69) is 37.9 Å². The molecule has 4 heterocycles. The number of hydrogen-bond donors (Lipinski definition) is 0. The molecular formula is C24H22ClN5OS. The maximum absolute atomic E-state index is 13.0. The normalized spacial score (nSPS) is 14.8. The van der Waals surface area contributed by atoms with E-state index in [0.29, 0.717) is 9.90 Å². The van der Waals surface area contributed by atoms with Crippen molar-refractivity contribution in [2.45, 2.75) is 6.42 Å². The van der Waals surface area contributed by atoms with Crippen molar-refractivity contribution in [3.63, 3.8) is 0 Å². The van der Waals surface area contributed by atoms with Crippen molar-refractivity contribution in [2.24, 2.45) is 0 Å². The van der Waals surface area contributed by atoms with Crippen LogP contribution in [0, 0.1) is 0 Å². The van der Waals surface area contributed by atoms with E-state index in [-0.39, 0.29) is 12.2 Å². The van der Waals surface area contributed by atoms with Gasteiger partial charge in [0.25, 0.3) is 0 Å². The van der Waals surface area contributed by atoms with Gasteiger partial charge < -0.3 is 9.80 Å². The largest absolute Gasteiger partial charge is 0.354 e. The molecule has 162 valence electrons. The van der Waals surface area contributed by atoms with Gasteiger partial charge in [0.15, 0.2) is 5.78 Å². The van der Waals surface area contributed by atoms with Gasteiger partial charge >= 0.3 is 0 Å². The molecule has 5 rings (SSSR count). The summed E-state index contributed by atoms with van der Waals surface area (Å²) < 4.78 is 0.661. The molecule has 1 aliphatic rings. The number of hydrogen-bond acceptors (Lipinski definition) is 7. The number of halogens is 1. The number of piperazine rings is 1. The standard InChI is InChI=1S/C24H22ClN5OS/c1-29-6-8-30(9-7-29)23-12-16(4-5-26-23)21(31)13-20-11-19-10-17(2-3-18(19)14-27-20)24-28-15-22(25)32-24/h2-5,10-12,14-15H,6-9,13H2,1H3. The number of anilines is 1. The molecule has 0 amide bonds. The van der Waals surface area contributed by atoms with Crippen LogP contribution < -0.4 is 4.90 Å². The summed E-state index contributed by atoms with van der Waals surface area (Å²) in [7, 11) is 2.12. The van der Waals surface area contributed by atoms with Crippen LogP contribution in [0.25, 0.3) is 21.3 Å². The summed E-state index contributed by atoms with van der Waals surface area (Å²) in [6.07, 6.45) is 5.45. The Bertz CT molecular complexity index is 1280. The number of carbonyl (C=O) groups excluding carboxylic acids is 1. The quantitative estimate of drug-likeness (QED) is 0.403. The Morgan fingerprint density at radius 2 is 1.84 bits per heavy atom. The van der Waals surface area contributed by atoms with E-state index in [0.717, 1.165) is 59.0 Å². The molecule has 6 nitrogen and oxygen atoms in total. The second-order valence-electron chi connectivity index (χ2n) is 8.00. The van der Waals surface area contributed by atoms with Crippen LogP contribution in [0.2, 0.25) is 4.34 Å². The third-order valence-corrected chi connectivity index (χ3v) is 6.90. The summed E-state index contributed by atoms with van der Waals surface area (Å²) in [5.74, 6) is 0.902. The highest BCUT2D eigenvalue weighted by Gasteiger charge is 2.17. The Morgan fingerprint density at radius 1 is 1.00 bits per heavy atom. The topological polar surface area (TPSA) is 62.2 Å². The summed E-state index contributed by atoms with van der Waals surface area (Å²) in [5.41, 5.74) is 2.42. The number of rotatable bonds is 5. The molecule has 0 spiro atoms. The van der Waals surface area contributed by atoms with Gasteiger partial charge in [0.05, 0.1) is 12.6 Å². The Balaban J connectivity index is 1.36. The molecule has 4 aromatic rings. The zero-order chi connectivity index (χ0) is 22.1. The van der Waals surface area contributed by atoms with Gasteiger partial charge in [-0.1, -0.05) is 23.7 Å². The summed E-state index contributed by atoms with van der Waals surface area (Å²) in [5, 5.41) is 2.92. The molecule has 32 heavy (non-hydrogen) atoms. The molecule has 1 saturated heterocycles. The zero-order valence-corrected chi connectivity index (χ0v) is 19.2. The average molecular weight is 464 g/mol. The SMILES string of the molecule is CN1CCN(c2cc(C(=O)Cc3cc4cc(-c5ncc(Cl)s5)ccc4cn3)ccn2)CC1. The fraction of sp³-hybridized carbons (Fsp3) is 0.250. The zero-order valence-electron chi connectivity index (χ0n) is 17.7. The monoisotopic (exact) mass is 463 g/mol. The summed E-state index contributed by atoms with van der Waals surface area (Å²) >= 11 is 7.48. The van der Waals surface area contributed by atoms with E-state index in [1.165, 1.54) is 11.3 Å². The number of fused-ring (bicyclic) bond motifs is 1. The molecule has 3 aromatic heterocycles. The fourth-order valence-electron chi connectivity index (χ4n) is 3.87. The van der Waals surface area contributed by atoms with E-state index in [9.17, 15) is 4.79 Å². The lowest BCUT2D eigenvalue weighted by molar-refractivity contribution is 0.0992. The predicted molar refractivity (Wildman–Crippen MR) is 130 cm³/mol. The lowest BCUT2D eigenvalue weighted by atomic mass is 10.0. The highest BCUT2D eigenvalue weighted by molar-refractivity contribution is 7.18. The number of pyridine rings is 2. The minimum atomic E-state index is 0.0393. The Hall–Kier alpha value is -2.87. The number of nitrogens with zero attached hydrogens (tertiary/aromatic N) is 5. The van der Waals surface area contributed by atoms with E-state index in [4.69, 9.17) is 11.6 Å². The van der Waals surface area contributed by atoms with Crippen molar-refractivity contribution < 1.29 is 4.79 Å². The number of aromatic nitrogens is 3. The molecule has 0 radical (unpaired) electrons. The van der Waals surface area contributed by atoms with E-state index >= 15 is 0 Å². The molecule has 8 heteroatoms. The average Bonchev–Trinajstić information content (AvgIpc) is 3.25. The predicted octanol–water partition coefficient (Wildman–Crippen LogP) is 4.58. The van der Waals surface area contributed by atoms with Crippen LogP contribution in [0.4, 0.5) is 5.82 Å². The summed E-state index contributed by atoms with van der Waals surface area (Å²) in [6.45, 7) is 3.83. The molecule has 0 bridgehead atoms. The first-order valence-corrected chi connectivity index (χ1v) is 11.7. The lowest BCUT2D eigenvalue weighted by Gasteiger charge is -2.33. The first-order valence-electron chi connectivity index (χ1n) is 10.5. The first-order chi connectivity index (χ1) is 15.5. The van der Waals surface area contributed by atoms with Gasteiger partial charge in [-0.15, -0.1) is 11.3 Å². The second kappa shape index (κ2) is 8.94. The van der Waals surface area contributed by atoms with Gasteiger partial charge in [-0.2, -0.15) is 0 Å². The van der Waals surface area contributed by atoms with Crippen molar-refractivity contribution in [3.8, 4) is 10.6 Å². The van der Waals surface area contributed by atoms with Crippen molar-refractivity contribution >= 4 is 45.3 Å². The number of likely N-dealkylation sites (N-methyl/N-ethyl adjacent to an activating group) is 1. The van der Waals surface area contributed by atoms with Crippen molar-refractivity contribution in [2.75, 3.05) is 38.1 Å². The highest BCUT2D eigenvalue weighted by Crippen LogP contribution is 2.30. The molecule has 0 aliphatic carbocycles.